The molecule has 6 nitrogen and oxygen atoms in total. The van der Waals surface area contributed by atoms with Gasteiger partial charge in [0.05, 0.1) is 4.92 Å². The third kappa shape index (κ3) is 3.79. The third-order valence-electron chi connectivity index (χ3n) is 1.72. The van der Waals surface area contributed by atoms with Crippen LogP contribution in [0.5, 0.6) is 0 Å². The Morgan fingerprint density at radius 2 is 2.06 bits per heavy atom. The van der Waals surface area contributed by atoms with E-state index >= 15 is 0 Å². The molecule has 16 heavy (non-hydrogen) atoms. The first-order chi connectivity index (χ1) is 7.59. The van der Waals surface area contributed by atoms with Gasteiger partial charge < -0.3 is 9.84 Å². The molecule has 1 rings (SSSR count). The molecule has 0 unspecified atom stereocenters. The lowest BCUT2D eigenvalue weighted by molar-refractivity contribution is -0.384. The Balaban J connectivity index is 2.55. The van der Waals surface area contributed by atoms with E-state index in [0.717, 1.165) is 5.56 Å². The molecule has 0 saturated carbocycles. The molecule has 0 radical (unpaired) electrons. The number of hydrogen-bond donors (Lipinski definition) is 1. The lowest BCUT2D eigenvalue weighted by Gasteiger charge is -1.95. The molecule has 0 bridgehead atoms. The van der Waals surface area contributed by atoms with Gasteiger partial charge in [0.1, 0.15) is 6.61 Å². The molecule has 0 fully saturated rings. The van der Waals surface area contributed by atoms with E-state index in [4.69, 9.17) is 5.11 Å². The summed E-state index contributed by atoms with van der Waals surface area (Å²) in [4.78, 5) is 19.9. The Labute approximate surface area is 90.9 Å². The summed E-state index contributed by atoms with van der Waals surface area (Å²) < 4.78 is 4.25. The zero-order valence-electron chi connectivity index (χ0n) is 8.20. The van der Waals surface area contributed by atoms with Crippen molar-refractivity contribution in [1.82, 2.24) is 0 Å². The number of hydrogen-bond acceptors (Lipinski definition) is 4. The van der Waals surface area contributed by atoms with Crippen LogP contribution >= 0.6 is 0 Å². The molecule has 1 N–H and O–H groups in total. The maximum Gasteiger partial charge on any atom is 0.506 e. The van der Waals surface area contributed by atoms with Crippen molar-refractivity contribution in [3.05, 3.63) is 46.0 Å². The second-order valence-electron chi connectivity index (χ2n) is 2.83. The van der Waals surface area contributed by atoms with Crippen LogP contribution in [0, 0.1) is 10.1 Å². The number of carboxylic acid groups (broad SMARTS) is 1. The van der Waals surface area contributed by atoms with E-state index in [0.29, 0.717) is 0 Å². The van der Waals surface area contributed by atoms with Crippen LogP contribution in [0.3, 0.4) is 0 Å². The minimum Gasteiger partial charge on any atom is -0.450 e. The zero-order valence-corrected chi connectivity index (χ0v) is 8.20. The van der Waals surface area contributed by atoms with Crippen LogP contribution in [-0.4, -0.2) is 22.8 Å². The first kappa shape index (κ1) is 11.7. The van der Waals surface area contributed by atoms with Crippen molar-refractivity contribution in [2.45, 2.75) is 0 Å². The number of non-ortho nitro benzene ring substituents is 1. The molecule has 1 aromatic carbocycles. The second kappa shape index (κ2) is 5.50. The van der Waals surface area contributed by atoms with Gasteiger partial charge in [-0.3, -0.25) is 10.1 Å². The standard InChI is InChI=1S/C10H9NO5/c12-10(13)16-7-1-2-8-3-5-9(6-4-8)11(14)15/h1-6H,7H2,(H,12,13). The average molecular weight is 223 g/mol. The van der Waals surface area contributed by atoms with Gasteiger partial charge in [-0.1, -0.05) is 6.08 Å². The van der Waals surface area contributed by atoms with E-state index in [-0.39, 0.29) is 12.3 Å². The van der Waals surface area contributed by atoms with Crippen molar-refractivity contribution in [1.29, 1.82) is 0 Å². The zero-order chi connectivity index (χ0) is 12.0. The van der Waals surface area contributed by atoms with E-state index in [2.05, 4.69) is 4.74 Å². The number of nitro groups is 1. The molecule has 0 spiro atoms. The predicted molar refractivity (Wildman–Crippen MR) is 56.1 cm³/mol. The van der Waals surface area contributed by atoms with Crippen molar-refractivity contribution in [3.63, 3.8) is 0 Å². The van der Waals surface area contributed by atoms with Gasteiger partial charge >= 0.3 is 6.16 Å². The number of nitrogens with zero attached hydrogens (tertiary/aromatic N) is 1. The third-order valence-corrected chi connectivity index (χ3v) is 1.72. The van der Waals surface area contributed by atoms with Gasteiger partial charge in [0.25, 0.3) is 5.69 Å². The van der Waals surface area contributed by atoms with E-state index in [1.54, 1.807) is 18.2 Å². The molecule has 0 amide bonds. The van der Waals surface area contributed by atoms with Crippen LogP contribution < -0.4 is 0 Å². The molecule has 0 saturated heterocycles. The molecule has 6 heteroatoms. The van der Waals surface area contributed by atoms with Crippen LogP contribution in [0.4, 0.5) is 10.5 Å². The van der Waals surface area contributed by atoms with Gasteiger partial charge in [-0.05, 0) is 23.8 Å². The summed E-state index contributed by atoms with van der Waals surface area (Å²) in [5.41, 5.74) is 0.749. The lowest BCUT2D eigenvalue weighted by Crippen LogP contribution is -1.98. The van der Waals surface area contributed by atoms with Crippen molar-refractivity contribution in [2.24, 2.45) is 0 Å². The Morgan fingerprint density at radius 3 is 2.56 bits per heavy atom. The van der Waals surface area contributed by atoms with E-state index in [1.807, 2.05) is 0 Å². The first-order valence-corrected chi connectivity index (χ1v) is 4.36. The Bertz CT molecular complexity index is 410. The maximum absolute atomic E-state index is 10.3. The van der Waals surface area contributed by atoms with Gasteiger partial charge in [0, 0.05) is 12.1 Å². The Morgan fingerprint density at radius 1 is 1.44 bits per heavy atom. The predicted octanol–water partition coefficient (Wildman–Crippen LogP) is 2.30. The summed E-state index contributed by atoms with van der Waals surface area (Å²) in [5, 5.41) is 18.5. The van der Waals surface area contributed by atoms with E-state index < -0.39 is 11.1 Å². The van der Waals surface area contributed by atoms with Crippen LogP contribution in [0.2, 0.25) is 0 Å². The summed E-state index contributed by atoms with van der Waals surface area (Å²) in [5.74, 6) is 0. The first-order valence-electron chi connectivity index (χ1n) is 4.36. The van der Waals surface area contributed by atoms with Gasteiger partial charge in [0.2, 0.25) is 0 Å². The number of rotatable bonds is 4. The quantitative estimate of drug-likeness (QED) is 0.480. The second-order valence-corrected chi connectivity index (χ2v) is 2.83. The molecule has 1 aromatic rings. The average Bonchev–Trinajstić information content (AvgIpc) is 2.25. The van der Waals surface area contributed by atoms with Crippen LogP contribution in [0.1, 0.15) is 5.56 Å². The molecule has 0 aliphatic heterocycles. The number of carbonyl (C=O) groups is 1. The van der Waals surface area contributed by atoms with Crippen molar-refractivity contribution in [2.75, 3.05) is 6.61 Å². The molecule has 84 valence electrons. The summed E-state index contributed by atoms with van der Waals surface area (Å²) in [7, 11) is 0. The van der Waals surface area contributed by atoms with Crippen LogP contribution in [0.25, 0.3) is 6.08 Å². The van der Waals surface area contributed by atoms with Crippen molar-refractivity contribution < 1.29 is 19.6 Å². The molecular weight excluding hydrogens is 214 g/mol. The summed E-state index contributed by atoms with van der Waals surface area (Å²) >= 11 is 0. The monoisotopic (exact) mass is 223 g/mol. The smallest absolute Gasteiger partial charge is 0.450 e. The van der Waals surface area contributed by atoms with Crippen molar-refractivity contribution >= 4 is 17.9 Å². The van der Waals surface area contributed by atoms with Gasteiger partial charge in [-0.2, -0.15) is 0 Å². The maximum atomic E-state index is 10.3. The van der Waals surface area contributed by atoms with Crippen LogP contribution in [-0.2, 0) is 4.74 Å². The van der Waals surface area contributed by atoms with Gasteiger partial charge in [0.15, 0.2) is 0 Å². The minimum absolute atomic E-state index is 0.0129. The topological polar surface area (TPSA) is 89.7 Å². The molecule has 0 atom stereocenters. The fourth-order valence-corrected chi connectivity index (χ4v) is 1.01. The van der Waals surface area contributed by atoms with Gasteiger partial charge in [-0.25, -0.2) is 4.79 Å². The molecule has 0 aliphatic rings. The number of benzene rings is 1. The number of nitro benzene ring substituents is 1. The number of ether oxygens (including phenoxy) is 1. The molecule has 0 heterocycles. The van der Waals surface area contributed by atoms with Crippen molar-refractivity contribution in [3.8, 4) is 0 Å². The van der Waals surface area contributed by atoms with E-state index in [9.17, 15) is 14.9 Å². The summed E-state index contributed by atoms with van der Waals surface area (Å²) in [6, 6.07) is 5.88. The normalized spacial score (nSPS) is 10.2. The highest BCUT2D eigenvalue weighted by Crippen LogP contribution is 2.12. The molecule has 0 aliphatic carbocycles. The fourth-order valence-electron chi connectivity index (χ4n) is 1.01. The molecule has 0 aromatic heterocycles. The van der Waals surface area contributed by atoms with Gasteiger partial charge in [-0.15, -0.1) is 0 Å². The lowest BCUT2D eigenvalue weighted by atomic mass is 10.2. The largest absolute Gasteiger partial charge is 0.506 e. The summed E-state index contributed by atoms with van der Waals surface area (Å²) in [6.45, 7) is -0.0493. The fraction of sp³-hybridized carbons (Fsp3) is 0.100. The van der Waals surface area contributed by atoms with Crippen LogP contribution in [0.15, 0.2) is 30.3 Å². The highest BCUT2D eigenvalue weighted by atomic mass is 16.7. The highest BCUT2D eigenvalue weighted by molar-refractivity contribution is 5.57. The minimum atomic E-state index is -1.34. The molecular formula is C10H9NO5. The highest BCUT2D eigenvalue weighted by Gasteiger charge is 2.01. The Kier molecular flexibility index (Phi) is 4.02. The SMILES string of the molecule is O=C(O)OCC=Cc1ccc([N+](=O)[O-])cc1. The summed E-state index contributed by atoms with van der Waals surface area (Å²) in [6.07, 6.45) is 1.79. The Hall–Kier alpha value is -2.37. The van der Waals surface area contributed by atoms with E-state index in [1.165, 1.54) is 18.2 Å².